The maximum absolute atomic E-state index is 11.7. The maximum atomic E-state index is 11.7. The molecule has 0 saturated heterocycles. The van der Waals surface area contributed by atoms with Gasteiger partial charge >= 0.3 is 11.8 Å². The number of hydrogen-bond acceptors (Lipinski definition) is 6. The minimum absolute atomic E-state index is 0.0278. The third-order valence-corrected chi connectivity index (χ3v) is 3.78. The summed E-state index contributed by atoms with van der Waals surface area (Å²) in [7, 11) is 0. The summed E-state index contributed by atoms with van der Waals surface area (Å²) in [5, 5.41) is 6.41. The lowest BCUT2D eigenvalue weighted by Gasteiger charge is -2.06. The highest BCUT2D eigenvalue weighted by Crippen LogP contribution is 2.18. The van der Waals surface area contributed by atoms with Gasteiger partial charge in [-0.1, -0.05) is 35.0 Å². The van der Waals surface area contributed by atoms with E-state index in [9.17, 15) is 14.4 Å². The van der Waals surface area contributed by atoms with Gasteiger partial charge in [0, 0.05) is 24.4 Å². The molecular weight excluding hydrogens is 338 g/mol. The number of amides is 3. The van der Waals surface area contributed by atoms with Gasteiger partial charge < -0.3 is 9.84 Å². The molecule has 9 nitrogen and oxygen atoms in total. The SMILES string of the molecule is Cc1ccc(-c2noc(CCC(=O)NNC(=O)C(=O)NC3CC3)n2)cc1. The van der Waals surface area contributed by atoms with E-state index in [2.05, 4.69) is 26.3 Å². The van der Waals surface area contributed by atoms with Crippen LogP contribution in [-0.2, 0) is 20.8 Å². The number of carbonyl (C=O) groups is 3. The van der Waals surface area contributed by atoms with E-state index in [0.29, 0.717) is 11.7 Å². The molecule has 1 aliphatic rings. The van der Waals surface area contributed by atoms with E-state index in [-0.39, 0.29) is 18.9 Å². The van der Waals surface area contributed by atoms with E-state index >= 15 is 0 Å². The van der Waals surface area contributed by atoms with Gasteiger partial charge in [-0.25, -0.2) is 0 Å². The zero-order valence-electron chi connectivity index (χ0n) is 14.2. The zero-order chi connectivity index (χ0) is 18.5. The van der Waals surface area contributed by atoms with Gasteiger partial charge in [0.15, 0.2) is 0 Å². The Morgan fingerprint density at radius 3 is 2.54 bits per heavy atom. The van der Waals surface area contributed by atoms with Crippen molar-refractivity contribution in [3.8, 4) is 11.4 Å². The first kappa shape index (κ1) is 17.6. The van der Waals surface area contributed by atoms with Crippen LogP contribution < -0.4 is 16.2 Å². The van der Waals surface area contributed by atoms with Gasteiger partial charge in [0.25, 0.3) is 0 Å². The van der Waals surface area contributed by atoms with Crippen LogP contribution in [0.5, 0.6) is 0 Å². The fraction of sp³-hybridized carbons (Fsp3) is 0.353. The molecule has 26 heavy (non-hydrogen) atoms. The van der Waals surface area contributed by atoms with Crippen molar-refractivity contribution in [2.24, 2.45) is 0 Å². The summed E-state index contributed by atoms with van der Waals surface area (Å²) in [6.07, 6.45) is 2.00. The normalized spacial score (nSPS) is 13.1. The first-order chi connectivity index (χ1) is 12.5. The Hall–Kier alpha value is -3.23. The molecule has 1 aromatic heterocycles. The number of nitrogens with zero attached hydrogens (tertiary/aromatic N) is 2. The smallest absolute Gasteiger partial charge is 0.327 e. The van der Waals surface area contributed by atoms with Crippen molar-refractivity contribution in [1.82, 2.24) is 26.3 Å². The fourth-order valence-electron chi connectivity index (χ4n) is 2.12. The van der Waals surface area contributed by atoms with Crippen LogP contribution in [0.1, 0.15) is 30.7 Å². The minimum atomic E-state index is -0.898. The van der Waals surface area contributed by atoms with Gasteiger partial charge in [0.1, 0.15) is 0 Å². The van der Waals surface area contributed by atoms with E-state index in [0.717, 1.165) is 24.0 Å². The summed E-state index contributed by atoms with van der Waals surface area (Å²) in [6.45, 7) is 1.98. The van der Waals surface area contributed by atoms with E-state index in [1.54, 1.807) is 0 Å². The molecule has 2 aromatic rings. The van der Waals surface area contributed by atoms with Crippen LogP contribution in [0.15, 0.2) is 28.8 Å². The second-order valence-corrected chi connectivity index (χ2v) is 6.13. The second kappa shape index (κ2) is 7.77. The summed E-state index contributed by atoms with van der Waals surface area (Å²) in [5.74, 6) is -1.36. The molecule has 0 aliphatic heterocycles. The number of hydrogen-bond donors (Lipinski definition) is 3. The van der Waals surface area contributed by atoms with Gasteiger partial charge in [0.05, 0.1) is 0 Å². The molecule has 1 aromatic carbocycles. The molecule has 1 aliphatic carbocycles. The predicted octanol–water partition coefficient (Wildman–Crippen LogP) is 0.404. The van der Waals surface area contributed by atoms with Gasteiger partial charge in [0.2, 0.25) is 17.6 Å². The van der Waals surface area contributed by atoms with Crippen LogP contribution in [0.4, 0.5) is 0 Å². The zero-order valence-corrected chi connectivity index (χ0v) is 14.2. The Kier molecular flexibility index (Phi) is 5.26. The molecule has 1 saturated carbocycles. The topological polar surface area (TPSA) is 126 Å². The number of aryl methyl sites for hydroxylation is 2. The summed E-state index contributed by atoms with van der Waals surface area (Å²) in [4.78, 5) is 38.9. The Balaban J connectivity index is 1.42. The molecular formula is C17H19N5O4. The highest BCUT2D eigenvalue weighted by atomic mass is 16.5. The minimum Gasteiger partial charge on any atom is -0.345 e. The molecule has 1 heterocycles. The Bertz CT molecular complexity index is 811. The number of benzene rings is 1. The van der Waals surface area contributed by atoms with E-state index < -0.39 is 17.7 Å². The molecule has 136 valence electrons. The van der Waals surface area contributed by atoms with Crippen molar-refractivity contribution in [1.29, 1.82) is 0 Å². The predicted molar refractivity (Wildman–Crippen MR) is 90.2 cm³/mol. The molecule has 0 spiro atoms. The van der Waals surface area contributed by atoms with Crippen molar-refractivity contribution in [2.45, 2.75) is 38.6 Å². The molecule has 0 atom stereocenters. The number of hydrazine groups is 1. The lowest BCUT2D eigenvalue weighted by molar-refractivity contribution is -0.141. The standard InChI is InChI=1S/C17H19N5O4/c1-10-2-4-11(5-3-10)15-19-14(26-22-15)9-8-13(23)20-21-17(25)16(24)18-12-6-7-12/h2-5,12H,6-9H2,1H3,(H,18,24)(H,20,23)(H,21,25). The molecule has 3 amide bonds. The van der Waals surface area contributed by atoms with Crippen LogP contribution in [-0.4, -0.2) is 33.9 Å². The Labute approximate surface area is 149 Å². The summed E-state index contributed by atoms with van der Waals surface area (Å²) in [5.41, 5.74) is 6.20. The number of nitrogens with one attached hydrogen (secondary N) is 3. The van der Waals surface area contributed by atoms with Crippen molar-refractivity contribution in [2.75, 3.05) is 0 Å². The highest BCUT2D eigenvalue weighted by Gasteiger charge is 2.26. The lowest BCUT2D eigenvalue weighted by Crippen LogP contribution is -2.49. The van der Waals surface area contributed by atoms with Crippen LogP contribution in [0, 0.1) is 6.92 Å². The van der Waals surface area contributed by atoms with Crippen LogP contribution in [0.3, 0.4) is 0 Å². The van der Waals surface area contributed by atoms with Crippen LogP contribution in [0.25, 0.3) is 11.4 Å². The molecule has 0 radical (unpaired) electrons. The van der Waals surface area contributed by atoms with Gasteiger partial charge in [-0.05, 0) is 19.8 Å². The molecule has 3 rings (SSSR count). The third-order valence-electron chi connectivity index (χ3n) is 3.78. The number of aromatic nitrogens is 2. The number of rotatable bonds is 5. The van der Waals surface area contributed by atoms with Crippen LogP contribution >= 0.6 is 0 Å². The second-order valence-electron chi connectivity index (χ2n) is 6.13. The molecule has 1 fully saturated rings. The largest absolute Gasteiger partial charge is 0.345 e. The number of carbonyl (C=O) groups excluding carboxylic acids is 3. The monoisotopic (exact) mass is 357 g/mol. The van der Waals surface area contributed by atoms with E-state index in [1.807, 2.05) is 31.2 Å². The Morgan fingerprint density at radius 1 is 1.12 bits per heavy atom. The Morgan fingerprint density at radius 2 is 1.85 bits per heavy atom. The van der Waals surface area contributed by atoms with Gasteiger partial charge in [-0.3, -0.25) is 25.2 Å². The quantitative estimate of drug-likeness (QED) is 0.525. The highest BCUT2D eigenvalue weighted by molar-refractivity contribution is 6.35. The molecule has 0 bridgehead atoms. The fourth-order valence-corrected chi connectivity index (χ4v) is 2.12. The maximum Gasteiger partial charge on any atom is 0.327 e. The third kappa shape index (κ3) is 4.88. The first-order valence-electron chi connectivity index (χ1n) is 8.30. The van der Waals surface area contributed by atoms with E-state index in [4.69, 9.17) is 4.52 Å². The van der Waals surface area contributed by atoms with Crippen molar-refractivity contribution >= 4 is 17.7 Å². The van der Waals surface area contributed by atoms with Gasteiger partial charge in [-0.2, -0.15) is 4.98 Å². The van der Waals surface area contributed by atoms with Gasteiger partial charge in [-0.15, -0.1) is 0 Å². The molecule has 9 heteroatoms. The summed E-state index contributed by atoms with van der Waals surface area (Å²) < 4.78 is 5.12. The van der Waals surface area contributed by atoms with Crippen LogP contribution in [0.2, 0.25) is 0 Å². The molecule has 3 N–H and O–H groups in total. The lowest BCUT2D eigenvalue weighted by atomic mass is 10.1. The molecule has 0 unspecified atom stereocenters. The summed E-state index contributed by atoms with van der Waals surface area (Å²) in [6, 6.07) is 7.74. The van der Waals surface area contributed by atoms with E-state index in [1.165, 1.54) is 0 Å². The average Bonchev–Trinajstić information content (AvgIpc) is 3.32. The first-order valence-corrected chi connectivity index (χ1v) is 8.30. The van der Waals surface area contributed by atoms with Crippen molar-refractivity contribution in [3.63, 3.8) is 0 Å². The van der Waals surface area contributed by atoms with Crippen molar-refractivity contribution < 1.29 is 18.9 Å². The van der Waals surface area contributed by atoms with Crippen molar-refractivity contribution in [3.05, 3.63) is 35.7 Å². The summed E-state index contributed by atoms with van der Waals surface area (Å²) >= 11 is 0. The average molecular weight is 357 g/mol.